The van der Waals surface area contributed by atoms with Crippen LogP contribution in [0, 0.1) is 5.41 Å². The van der Waals surface area contributed by atoms with Crippen molar-refractivity contribution in [2.45, 2.75) is 57.7 Å². The summed E-state index contributed by atoms with van der Waals surface area (Å²) in [6.07, 6.45) is 1.80. The molecule has 0 radical (unpaired) electrons. The summed E-state index contributed by atoms with van der Waals surface area (Å²) in [4.78, 5) is 20.5. The Kier molecular flexibility index (Phi) is 6.70. The number of nitrogens with one attached hydrogen (secondary N) is 1. The van der Waals surface area contributed by atoms with Crippen LogP contribution in [0.25, 0.3) is 16.4 Å². The van der Waals surface area contributed by atoms with Gasteiger partial charge >= 0.3 is 6.09 Å². The molecule has 4 atom stereocenters. The molecule has 194 valence electrons. The van der Waals surface area contributed by atoms with E-state index in [1.807, 2.05) is 50.2 Å². The average molecular weight is 505 g/mol. The van der Waals surface area contributed by atoms with Gasteiger partial charge in [-0.15, -0.1) is 0 Å². The van der Waals surface area contributed by atoms with Crippen LogP contribution in [0.3, 0.4) is 0 Å². The molecule has 37 heavy (non-hydrogen) atoms. The van der Waals surface area contributed by atoms with Crippen molar-refractivity contribution in [1.29, 1.82) is 0 Å². The maximum absolute atomic E-state index is 11.9. The van der Waals surface area contributed by atoms with Gasteiger partial charge in [0.1, 0.15) is 17.7 Å². The van der Waals surface area contributed by atoms with E-state index in [0.29, 0.717) is 43.0 Å². The number of anilines is 2. The molecule has 1 aliphatic rings. The number of hydrogen-bond acceptors (Lipinski definition) is 8. The van der Waals surface area contributed by atoms with Gasteiger partial charge in [0.25, 0.3) is 0 Å². The number of nitrogen functional groups attached to an aromatic ring is 1. The number of benzene rings is 1. The predicted molar refractivity (Wildman–Crippen MR) is 140 cm³/mol. The lowest BCUT2D eigenvalue weighted by molar-refractivity contribution is -0.0204. The molecule has 1 amide bonds. The zero-order valence-corrected chi connectivity index (χ0v) is 21.0. The number of pyridine rings is 1. The number of aryl methyl sites for hydroxylation is 1. The molecule has 0 spiro atoms. The molecule has 0 aliphatic heterocycles. The van der Waals surface area contributed by atoms with Crippen molar-refractivity contribution in [2.75, 3.05) is 17.7 Å². The first kappa shape index (κ1) is 24.9. The highest BCUT2D eigenvalue weighted by Crippen LogP contribution is 2.49. The summed E-state index contributed by atoms with van der Waals surface area (Å²) < 4.78 is 6.77. The number of aliphatic hydroxyl groups excluding tert-OH is 2. The van der Waals surface area contributed by atoms with Gasteiger partial charge in [0.2, 0.25) is 0 Å². The molecule has 3 heterocycles. The highest BCUT2D eigenvalue weighted by molar-refractivity contribution is 5.87. The molecule has 1 saturated carbocycles. The standard InChI is InChI=1S/C27H32N6O4/c1-3-12-37-26(36)32-22-9-6-17-5-4-16(13-19(17)31-22)10-11-27(2)14-18(23(34)24(27)35)20-7-8-21-25(28)29-15-30-33(20)21/h4-9,13,15,18,23-24,34-35H,3,10-12,14H2,1-2H3,(H2,28,29,30)(H,31,32,36)/t18-,23-,24-,27-/m0/s1. The fourth-order valence-electron chi connectivity index (χ4n) is 5.31. The maximum Gasteiger partial charge on any atom is 0.412 e. The molecule has 1 fully saturated rings. The number of rotatable bonds is 7. The van der Waals surface area contributed by atoms with Crippen LogP contribution in [0.4, 0.5) is 16.4 Å². The Morgan fingerprint density at radius 2 is 2.05 bits per heavy atom. The van der Waals surface area contributed by atoms with Crippen molar-refractivity contribution in [3.05, 3.63) is 60.0 Å². The van der Waals surface area contributed by atoms with Crippen molar-refractivity contribution in [3.8, 4) is 0 Å². The molecule has 0 bridgehead atoms. The zero-order valence-electron chi connectivity index (χ0n) is 21.0. The van der Waals surface area contributed by atoms with E-state index >= 15 is 0 Å². The highest BCUT2D eigenvalue weighted by Gasteiger charge is 2.50. The minimum Gasteiger partial charge on any atom is -0.449 e. The van der Waals surface area contributed by atoms with Gasteiger partial charge in [0.15, 0.2) is 5.82 Å². The number of amides is 1. The van der Waals surface area contributed by atoms with Gasteiger partial charge in [-0.05, 0) is 67.0 Å². The maximum atomic E-state index is 11.9. The van der Waals surface area contributed by atoms with E-state index in [9.17, 15) is 15.0 Å². The Balaban J connectivity index is 1.31. The summed E-state index contributed by atoms with van der Waals surface area (Å²) in [6, 6.07) is 13.4. The quantitative estimate of drug-likeness (QED) is 0.298. The zero-order chi connectivity index (χ0) is 26.2. The smallest absolute Gasteiger partial charge is 0.412 e. The highest BCUT2D eigenvalue weighted by atomic mass is 16.5. The molecule has 5 N–H and O–H groups in total. The van der Waals surface area contributed by atoms with Crippen LogP contribution >= 0.6 is 0 Å². The number of nitrogens with zero attached hydrogens (tertiary/aromatic N) is 4. The van der Waals surface area contributed by atoms with Crippen molar-refractivity contribution in [3.63, 3.8) is 0 Å². The minimum atomic E-state index is -0.918. The van der Waals surface area contributed by atoms with Crippen LogP contribution in [0.2, 0.25) is 0 Å². The van der Waals surface area contributed by atoms with E-state index < -0.39 is 23.7 Å². The molecule has 3 aromatic heterocycles. The second kappa shape index (κ2) is 9.95. The summed E-state index contributed by atoms with van der Waals surface area (Å²) >= 11 is 0. The lowest BCUT2D eigenvalue weighted by Crippen LogP contribution is -2.34. The van der Waals surface area contributed by atoms with Crippen molar-refractivity contribution >= 4 is 34.1 Å². The van der Waals surface area contributed by atoms with Crippen LogP contribution in [-0.2, 0) is 11.2 Å². The molecule has 4 aromatic rings. The van der Waals surface area contributed by atoms with Crippen molar-refractivity contribution < 1.29 is 19.7 Å². The molecule has 5 rings (SSSR count). The van der Waals surface area contributed by atoms with Crippen LogP contribution in [0.15, 0.2) is 48.8 Å². The number of nitrogens with two attached hydrogens (primary N) is 1. The molecule has 0 saturated heterocycles. The van der Waals surface area contributed by atoms with Gasteiger partial charge in [0, 0.05) is 17.0 Å². The van der Waals surface area contributed by atoms with Crippen LogP contribution in [-0.4, -0.2) is 54.7 Å². The van der Waals surface area contributed by atoms with E-state index in [4.69, 9.17) is 10.5 Å². The number of aliphatic hydroxyl groups is 2. The molecular formula is C27H32N6O4. The summed E-state index contributed by atoms with van der Waals surface area (Å²) in [5.74, 6) is 0.521. The SMILES string of the molecule is CCCOC(=O)Nc1ccc2ccc(CC[C@@]3(C)C[C@@H](c4ccc5c(N)ncnn45)[C@H](O)[C@@H]3O)cc2n1. The Morgan fingerprint density at radius 1 is 1.24 bits per heavy atom. The van der Waals surface area contributed by atoms with Gasteiger partial charge in [-0.1, -0.05) is 26.0 Å². The molecule has 1 aromatic carbocycles. The number of carbonyl (C=O) groups excluding carboxylic acids is 1. The van der Waals surface area contributed by atoms with E-state index in [2.05, 4.69) is 20.4 Å². The normalized spacial score (nSPS) is 23.5. The van der Waals surface area contributed by atoms with Gasteiger partial charge in [-0.2, -0.15) is 5.10 Å². The van der Waals surface area contributed by atoms with Crippen LogP contribution < -0.4 is 11.1 Å². The van der Waals surface area contributed by atoms with Gasteiger partial charge in [0.05, 0.1) is 24.3 Å². The van der Waals surface area contributed by atoms with Gasteiger partial charge in [-0.25, -0.2) is 19.3 Å². The fourth-order valence-corrected chi connectivity index (χ4v) is 5.31. The molecule has 0 unspecified atom stereocenters. The second-order valence-electron chi connectivity index (χ2n) is 10.1. The Bertz CT molecular complexity index is 1440. The van der Waals surface area contributed by atoms with E-state index in [1.165, 1.54) is 6.33 Å². The molecule has 10 nitrogen and oxygen atoms in total. The predicted octanol–water partition coefficient (Wildman–Crippen LogP) is 3.67. The number of carbonyl (C=O) groups is 1. The van der Waals surface area contributed by atoms with E-state index in [-0.39, 0.29) is 5.92 Å². The van der Waals surface area contributed by atoms with Crippen molar-refractivity contribution in [2.24, 2.45) is 5.41 Å². The van der Waals surface area contributed by atoms with E-state index in [1.54, 1.807) is 10.6 Å². The number of hydrogen-bond donors (Lipinski definition) is 4. The van der Waals surface area contributed by atoms with Crippen LogP contribution in [0.1, 0.15) is 50.3 Å². The number of aromatic nitrogens is 4. The first-order valence-electron chi connectivity index (χ1n) is 12.6. The third-order valence-corrected chi connectivity index (χ3v) is 7.44. The average Bonchev–Trinajstić information content (AvgIpc) is 3.42. The first-order valence-corrected chi connectivity index (χ1v) is 12.6. The third-order valence-electron chi connectivity index (χ3n) is 7.44. The largest absolute Gasteiger partial charge is 0.449 e. The summed E-state index contributed by atoms with van der Waals surface area (Å²) in [6.45, 7) is 4.30. The van der Waals surface area contributed by atoms with Crippen LogP contribution in [0.5, 0.6) is 0 Å². The summed E-state index contributed by atoms with van der Waals surface area (Å²) in [5, 5.41) is 30.0. The lowest BCUT2D eigenvalue weighted by atomic mass is 9.80. The van der Waals surface area contributed by atoms with Gasteiger partial charge in [-0.3, -0.25) is 5.32 Å². The molecule has 10 heteroatoms. The number of fused-ring (bicyclic) bond motifs is 2. The minimum absolute atomic E-state index is 0.281. The number of ether oxygens (including phenoxy) is 1. The first-order chi connectivity index (χ1) is 17.8. The Hall–Kier alpha value is -3.76. The third kappa shape index (κ3) is 4.82. The second-order valence-corrected chi connectivity index (χ2v) is 10.1. The lowest BCUT2D eigenvalue weighted by Gasteiger charge is -2.28. The fraction of sp³-hybridized carbons (Fsp3) is 0.407. The van der Waals surface area contributed by atoms with Crippen molar-refractivity contribution in [1.82, 2.24) is 19.6 Å². The Morgan fingerprint density at radius 3 is 2.86 bits per heavy atom. The monoisotopic (exact) mass is 504 g/mol. The molecule has 1 aliphatic carbocycles. The summed E-state index contributed by atoms with van der Waals surface area (Å²) in [5.41, 5.74) is 8.79. The summed E-state index contributed by atoms with van der Waals surface area (Å²) in [7, 11) is 0. The topological polar surface area (TPSA) is 148 Å². The molecular weight excluding hydrogens is 472 g/mol. The Labute approximate surface area is 214 Å². The van der Waals surface area contributed by atoms with E-state index in [0.717, 1.165) is 28.6 Å². The van der Waals surface area contributed by atoms with Gasteiger partial charge < -0.3 is 20.7 Å².